The number of aliphatic hydroxyl groups is 1. The van der Waals surface area contributed by atoms with E-state index in [2.05, 4.69) is 36.0 Å². The topological polar surface area (TPSA) is 230 Å². The number of fused-ring (bicyclic) bond motifs is 2. The molecule has 20 nitrogen and oxygen atoms in total. The first-order valence-electron chi connectivity index (χ1n) is 26.3. The highest BCUT2D eigenvalue weighted by molar-refractivity contribution is 7.13. The van der Waals surface area contributed by atoms with E-state index in [0.717, 1.165) is 57.8 Å². The number of ether oxygens (including phenoxy) is 2. The monoisotopic (exact) mass is 1080 g/mol. The number of halogens is 2. The molecule has 3 atom stereocenters. The number of β-amino-alcohol motifs (C(OH)–C–C–N with tert-alkyl or cyclic N) is 1. The molecular formula is C54H68F2N12O8S. The van der Waals surface area contributed by atoms with Gasteiger partial charge in [0.2, 0.25) is 23.6 Å². The summed E-state index contributed by atoms with van der Waals surface area (Å²) in [5, 5.41) is 31.2. The second-order valence-corrected chi connectivity index (χ2v) is 22.0. The molecule has 412 valence electrons. The highest BCUT2D eigenvalue weighted by Crippen LogP contribution is 2.44. The number of nitrogens with one attached hydrogen (secondary N) is 4. The summed E-state index contributed by atoms with van der Waals surface area (Å²) in [6.45, 7) is 9.53. The number of aryl methyl sites for hydroxylation is 2. The molecule has 5 aromatic rings. The van der Waals surface area contributed by atoms with Gasteiger partial charge in [-0.05, 0) is 72.4 Å². The lowest BCUT2D eigenvalue weighted by molar-refractivity contribution is -0.144. The number of aromatic nitrogens is 5. The van der Waals surface area contributed by atoms with Crippen LogP contribution in [0.1, 0.15) is 92.6 Å². The minimum Gasteiger partial charge on any atom is -0.391 e. The normalized spacial score (nSPS) is 18.2. The van der Waals surface area contributed by atoms with Gasteiger partial charge < -0.3 is 50.5 Å². The van der Waals surface area contributed by atoms with Gasteiger partial charge in [0, 0.05) is 100 Å². The smallest absolute Gasteiger partial charge is 0.317 e. The van der Waals surface area contributed by atoms with Gasteiger partial charge in [-0.25, -0.2) is 18.6 Å². The maximum Gasteiger partial charge on any atom is 0.317 e. The van der Waals surface area contributed by atoms with Crippen molar-refractivity contribution in [1.29, 1.82) is 0 Å². The van der Waals surface area contributed by atoms with Crippen LogP contribution in [0.15, 0.2) is 54.3 Å². The molecule has 0 radical (unpaired) electrons. The second-order valence-electron chi connectivity index (χ2n) is 21.2. The maximum absolute atomic E-state index is 15.1. The number of nitrogens with zero attached hydrogens (tertiary/aromatic N) is 8. The van der Waals surface area contributed by atoms with Crippen LogP contribution in [0, 0.1) is 12.3 Å². The number of likely N-dealkylation sites (tertiary alicyclic amines) is 1. The third-order valence-corrected chi connectivity index (χ3v) is 15.7. The van der Waals surface area contributed by atoms with Crippen molar-refractivity contribution in [2.24, 2.45) is 5.41 Å². The molecule has 0 aliphatic carbocycles. The Hall–Kier alpha value is -6.82. The first kappa shape index (κ1) is 55.0. The van der Waals surface area contributed by atoms with Crippen molar-refractivity contribution >= 4 is 52.5 Å². The molecule has 0 unspecified atom stereocenters. The average Bonchev–Trinajstić information content (AvgIpc) is 4.28. The van der Waals surface area contributed by atoms with E-state index < -0.39 is 60.3 Å². The molecule has 9 rings (SSSR count). The van der Waals surface area contributed by atoms with E-state index in [1.807, 2.05) is 36.1 Å². The van der Waals surface area contributed by atoms with E-state index in [0.29, 0.717) is 68.3 Å². The second kappa shape index (κ2) is 23.8. The quantitative estimate of drug-likeness (QED) is 0.0758. The van der Waals surface area contributed by atoms with E-state index in [9.17, 15) is 29.1 Å². The Morgan fingerprint density at radius 1 is 1.00 bits per heavy atom. The van der Waals surface area contributed by atoms with E-state index in [4.69, 9.17) is 14.6 Å². The predicted molar refractivity (Wildman–Crippen MR) is 283 cm³/mol. The highest BCUT2D eigenvalue weighted by Gasteiger charge is 2.45. The number of carbonyl (C=O) groups is 5. The minimum absolute atomic E-state index is 0.0391. The predicted octanol–water partition coefficient (Wildman–Crippen LogP) is 5.19. The Balaban J connectivity index is 0.772. The number of aliphatic hydroxyl groups excluding tert-OH is 1. The molecule has 4 aliphatic rings. The molecule has 0 bridgehead atoms. The number of hydrogen-bond donors (Lipinski definition) is 5. The van der Waals surface area contributed by atoms with Crippen LogP contribution in [-0.4, -0.2) is 147 Å². The molecule has 7 heterocycles. The van der Waals surface area contributed by atoms with Crippen molar-refractivity contribution in [3.05, 3.63) is 87.9 Å². The van der Waals surface area contributed by atoms with Crippen molar-refractivity contribution in [1.82, 2.24) is 55.6 Å². The third kappa shape index (κ3) is 12.5. The third-order valence-electron chi connectivity index (χ3n) is 14.7. The molecule has 0 saturated carbocycles. The highest BCUT2D eigenvalue weighted by atomic mass is 32.1. The first-order valence-corrected chi connectivity index (χ1v) is 27.1. The zero-order valence-corrected chi connectivity index (χ0v) is 45.0. The van der Waals surface area contributed by atoms with Crippen molar-refractivity contribution < 1.29 is 47.3 Å². The molecule has 2 fully saturated rings. The fourth-order valence-corrected chi connectivity index (χ4v) is 11.5. The van der Waals surface area contributed by atoms with Crippen molar-refractivity contribution in [2.45, 2.75) is 117 Å². The van der Waals surface area contributed by atoms with Gasteiger partial charge in [0.1, 0.15) is 25.2 Å². The summed E-state index contributed by atoms with van der Waals surface area (Å²) in [4.78, 5) is 77.1. The van der Waals surface area contributed by atoms with E-state index in [-0.39, 0.29) is 56.8 Å². The van der Waals surface area contributed by atoms with Gasteiger partial charge in [0.25, 0.3) is 6.43 Å². The van der Waals surface area contributed by atoms with Gasteiger partial charge in [0.05, 0.1) is 47.6 Å². The Kier molecular flexibility index (Phi) is 17.0. The van der Waals surface area contributed by atoms with Crippen LogP contribution in [0.5, 0.6) is 0 Å². The number of carbonyl (C=O) groups excluding carboxylic acids is 5. The average molecular weight is 1080 g/mol. The van der Waals surface area contributed by atoms with Crippen LogP contribution in [-0.2, 0) is 61.1 Å². The lowest BCUT2D eigenvalue weighted by atomic mass is 9.85. The van der Waals surface area contributed by atoms with Gasteiger partial charge >= 0.3 is 6.03 Å². The summed E-state index contributed by atoms with van der Waals surface area (Å²) < 4.78 is 44.9. The number of alkyl halides is 2. The van der Waals surface area contributed by atoms with Gasteiger partial charge in [-0.15, -0.1) is 11.3 Å². The number of anilines is 2. The van der Waals surface area contributed by atoms with Crippen molar-refractivity contribution in [2.75, 3.05) is 64.6 Å². The van der Waals surface area contributed by atoms with E-state index in [1.165, 1.54) is 15.8 Å². The molecule has 5 N–H and O–H groups in total. The number of amides is 6. The van der Waals surface area contributed by atoms with Crippen molar-refractivity contribution in [3.63, 3.8) is 0 Å². The largest absolute Gasteiger partial charge is 0.391 e. The van der Waals surface area contributed by atoms with Gasteiger partial charge in [-0.2, -0.15) is 10.2 Å². The molecule has 3 aromatic heterocycles. The summed E-state index contributed by atoms with van der Waals surface area (Å²) in [7, 11) is 1.60. The Bertz CT molecular complexity index is 2950. The summed E-state index contributed by atoms with van der Waals surface area (Å²) in [5.41, 5.74) is 7.92. The van der Waals surface area contributed by atoms with Crippen LogP contribution in [0.25, 0.3) is 21.6 Å². The molecule has 6 amide bonds. The van der Waals surface area contributed by atoms with Crippen LogP contribution in [0.4, 0.5) is 25.1 Å². The lowest BCUT2D eigenvalue weighted by Gasteiger charge is -2.35. The van der Waals surface area contributed by atoms with Crippen LogP contribution >= 0.6 is 11.3 Å². The summed E-state index contributed by atoms with van der Waals surface area (Å²) in [6.07, 6.45) is 2.97. The minimum atomic E-state index is -2.82. The van der Waals surface area contributed by atoms with Gasteiger partial charge in [-0.3, -0.25) is 28.5 Å². The van der Waals surface area contributed by atoms with Gasteiger partial charge in [-0.1, -0.05) is 45.0 Å². The number of urea groups is 1. The molecular weight excluding hydrogens is 1010 g/mol. The molecule has 23 heteroatoms. The Labute approximate surface area is 449 Å². The van der Waals surface area contributed by atoms with Crippen molar-refractivity contribution in [3.8, 4) is 21.6 Å². The SMILES string of the molecule is CNC(=O)N1CCc2c(c(N3CCCc4cc(-c5cnn(CC(=O)NCCOCC(=O)N[C@H](C(=O)N6C[C@H](O)C[C@H]6C(=O)NCc6ccc(-c7scnc7C)cc6)C(C)(C)C)c5)c(C(F)F)cc43)nn2C2CCOCC2)C1. The van der Waals surface area contributed by atoms with E-state index >= 15 is 8.78 Å². The zero-order valence-electron chi connectivity index (χ0n) is 44.2. The van der Waals surface area contributed by atoms with E-state index in [1.54, 1.807) is 67.9 Å². The summed E-state index contributed by atoms with van der Waals surface area (Å²) in [5.74, 6) is -1.26. The molecule has 2 aromatic carbocycles. The molecule has 4 aliphatic heterocycles. The molecule has 77 heavy (non-hydrogen) atoms. The zero-order chi connectivity index (χ0) is 54.5. The van der Waals surface area contributed by atoms with Crippen LogP contribution < -0.4 is 26.2 Å². The molecule has 0 spiro atoms. The lowest BCUT2D eigenvalue weighted by Crippen LogP contribution is -2.58. The van der Waals surface area contributed by atoms with Crippen LogP contribution in [0.2, 0.25) is 0 Å². The standard InChI is InChI=1S/C54H68F2N12O8S/c1-32-47(77-31-60-32)34-10-8-33(9-11-34)24-59-51(72)44-22-38(69)27-67(44)52(73)48(54(2,3)4)62-46(71)30-76-20-15-58-45(70)29-65-26-36(25-61-65)39-21-35-7-6-16-66(43(35)23-40(39)49(55)56)50-41-28-64(53(74)57-5)17-12-42(41)68(63-50)37-13-18-75-19-14-37/h8-11,21,23,25-26,31,37-38,44,48-49,69H,6-7,12-20,22,24,27-30H2,1-5H3,(H,57,74)(H,58,70)(H,59,72)(H,62,71)/t38-,44+,48-/m1/s1. The fraction of sp³-hybridized carbons (Fsp3) is 0.519. The summed E-state index contributed by atoms with van der Waals surface area (Å²) in [6, 6.07) is 9.06. The fourth-order valence-electron chi connectivity index (χ4n) is 10.7. The Morgan fingerprint density at radius 2 is 1.78 bits per heavy atom. The maximum atomic E-state index is 15.1. The number of thiazole rings is 1. The number of hydrogen-bond acceptors (Lipinski definition) is 13. The van der Waals surface area contributed by atoms with Crippen LogP contribution in [0.3, 0.4) is 0 Å². The molecule has 2 saturated heterocycles. The first-order chi connectivity index (χ1) is 37.0. The number of benzene rings is 2. The van der Waals surface area contributed by atoms with Gasteiger partial charge in [0.15, 0.2) is 5.82 Å². The number of rotatable bonds is 17. The summed E-state index contributed by atoms with van der Waals surface area (Å²) >= 11 is 1.55. The Morgan fingerprint density at radius 3 is 2.49 bits per heavy atom.